The first kappa shape index (κ1) is 40.9. The van der Waals surface area contributed by atoms with Crippen LogP contribution in [0.4, 0.5) is 11.4 Å². The summed E-state index contributed by atoms with van der Waals surface area (Å²) in [4.78, 5) is 4.24. The molecule has 12 heteroatoms. The van der Waals surface area contributed by atoms with Crippen LogP contribution in [0.3, 0.4) is 0 Å². The van der Waals surface area contributed by atoms with E-state index in [1.807, 2.05) is 58.0 Å². The zero-order valence-corrected chi connectivity index (χ0v) is 32.2. The van der Waals surface area contributed by atoms with E-state index in [1.54, 1.807) is 0 Å². The second-order valence-corrected chi connectivity index (χ2v) is 14.5. The Balaban J connectivity index is 0.00000768. The molecule has 0 fully saturated rings. The predicted octanol–water partition coefficient (Wildman–Crippen LogP) is 5.37. The maximum absolute atomic E-state index is 11.5. The summed E-state index contributed by atoms with van der Waals surface area (Å²) in [5, 5.41) is 0. The number of hydrogen-bond donors (Lipinski definition) is 1. The van der Waals surface area contributed by atoms with Crippen molar-refractivity contribution in [1.29, 1.82) is 0 Å². The van der Waals surface area contributed by atoms with Crippen LogP contribution in [-0.4, -0.2) is 117 Å². The Labute approximate surface area is 304 Å². The van der Waals surface area contributed by atoms with Crippen molar-refractivity contribution in [2.45, 2.75) is 53.4 Å². The van der Waals surface area contributed by atoms with Crippen molar-refractivity contribution in [3.8, 4) is 0 Å². The molecule has 0 heterocycles. The van der Waals surface area contributed by atoms with Gasteiger partial charge in [-0.15, -0.1) is 0 Å². The third kappa shape index (κ3) is 13.3. The summed E-state index contributed by atoms with van der Waals surface area (Å²) in [6, 6.07) is 16.5. The first-order valence-electron chi connectivity index (χ1n) is 16.2. The van der Waals surface area contributed by atoms with Gasteiger partial charge in [0.05, 0.1) is 15.9 Å². The SMILES string of the molecule is CCCCN(CCS(=O)(=O)[O-])c1ccc(C(=C2C=CC(=[N+](CCCC)CCS(=O)(=O)O)C=C2)c2ccc(N(CC)CC)cc2)cc1.[Na]. The maximum Gasteiger partial charge on any atom is 0.271 e. The minimum absolute atomic E-state index is 0. The summed E-state index contributed by atoms with van der Waals surface area (Å²) in [5.74, 6) is -0.780. The fourth-order valence-electron chi connectivity index (χ4n) is 5.49. The Morgan fingerprint density at radius 3 is 1.66 bits per heavy atom. The van der Waals surface area contributed by atoms with Crippen LogP contribution in [-0.2, 0) is 20.2 Å². The topological polar surface area (TPSA) is 121 Å². The molecule has 1 radical (unpaired) electrons. The van der Waals surface area contributed by atoms with E-state index in [-0.39, 0.29) is 48.4 Å². The van der Waals surface area contributed by atoms with Crippen molar-refractivity contribution in [3.63, 3.8) is 0 Å². The van der Waals surface area contributed by atoms with Gasteiger partial charge in [-0.2, -0.15) is 8.42 Å². The van der Waals surface area contributed by atoms with E-state index >= 15 is 0 Å². The van der Waals surface area contributed by atoms with E-state index in [1.165, 1.54) is 0 Å². The number of hydrogen-bond acceptors (Lipinski definition) is 7. The molecule has 0 spiro atoms. The van der Waals surface area contributed by atoms with Gasteiger partial charge in [0.15, 0.2) is 12.3 Å². The number of allylic oxidation sites excluding steroid dienone is 5. The second kappa shape index (κ2) is 19.7. The van der Waals surface area contributed by atoms with Crippen LogP contribution < -0.4 is 9.80 Å². The van der Waals surface area contributed by atoms with Gasteiger partial charge >= 0.3 is 0 Å². The smallest absolute Gasteiger partial charge is 0.271 e. The molecule has 0 atom stereocenters. The molecular formula is C35H49N3NaO6S2. The number of unbranched alkanes of at least 4 members (excludes halogenated alkanes) is 2. The standard InChI is InChI=1S/C35H49N3O6S2.Na/c1-5-9-23-37(25-27-45(39,40)41)33-19-13-30(14-20-33)35(29-11-17-32(18-12-29)36(7-3)8-4)31-15-21-34(22-16-31)38(24-10-6-2)26-28-46(42,43)44;/h11-22H,5-10,23-28H2,1-4H3,(H-,39,40,41,42,43,44);. The summed E-state index contributed by atoms with van der Waals surface area (Å²) >= 11 is 0. The van der Waals surface area contributed by atoms with Gasteiger partial charge in [0.2, 0.25) is 0 Å². The van der Waals surface area contributed by atoms with Crippen LogP contribution in [0.1, 0.15) is 64.5 Å². The van der Waals surface area contributed by atoms with Gasteiger partial charge in [0.1, 0.15) is 12.3 Å². The average molecular weight is 695 g/mol. The zero-order chi connectivity index (χ0) is 33.7. The molecule has 0 unspecified atom stereocenters. The molecule has 1 aliphatic carbocycles. The molecule has 253 valence electrons. The normalized spacial score (nSPS) is 13.0. The molecule has 0 bridgehead atoms. The zero-order valence-electron chi connectivity index (χ0n) is 28.6. The van der Waals surface area contributed by atoms with Crippen molar-refractivity contribution >= 4 is 72.5 Å². The van der Waals surface area contributed by atoms with E-state index < -0.39 is 26.0 Å². The molecule has 2 aromatic carbocycles. The van der Waals surface area contributed by atoms with Crippen molar-refractivity contribution in [2.75, 3.05) is 60.6 Å². The minimum Gasteiger partial charge on any atom is -0.748 e. The fraction of sp³-hybridized carbons (Fsp3) is 0.457. The van der Waals surface area contributed by atoms with Crippen LogP contribution in [0.2, 0.25) is 0 Å². The summed E-state index contributed by atoms with van der Waals surface area (Å²) in [6.45, 7) is 11.9. The molecule has 0 aliphatic heterocycles. The molecule has 0 aromatic heterocycles. The summed E-state index contributed by atoms with van der Waals surface area (Å²) in [5.41, 5.74) is 6.90. The third-order valence-corrected chi connectivity index (χ3v) is 9.50. The van der Waals surface area contributed by atoms with Crippen molar-refractivity contribution in [1.82, 2.24) is 0 Å². The van der Waals surface area contributed by atoms with Gasteiger partial charge in [-0.3, -0.25) is 4.55 Å². The Morgan fingerprint density at radius 1 is 0.702 bits per heavy atom. The number of benzene rings is 2. The maximum atomic E-state index is 11.5. The van der Waals surface area contributed by atoms with Gasteiger partial charge in [0, 0.05) is 85.7 Å². The molecule has 47 heavy (non-hydrogen) atoms. The summed E-state index contributed by atoms with van der Waals surface area (Å²) in [6.07, 6.45) is 11.7. The van der Waals surface area contributed by atoms with E-state index in [0.29, 0.717) is 13.1 Å². The molecule has 9 nitrogen and oxygen atoms in total. The van der Waals surface area contributed by atoms with Crippen LogP contribution >= 0.6 is 0 Å². The third-order valence-electron chi connectivity index (χ3n) is 8.12. The second-order valence-electron chi connectivity index (χ2n) is 11.4. The van der Waals surface area contributed by atoms with Crippen LogP contribution in [0.5, 0.6) is 0 Å². The molecule has 3 rings (SSSR count). The van der Waals surface area contributed by atoms with Crippen molar-refractivity contribution in [3.05, 3.63) is 89.5 Å². The van der Waals surface area contributed by atoms with E-state index in [4.69, 9.17) is 0 Å². The average Bonchev–Trinajstić information content (AvgIpc) is 3.02. The quantitative estimate of drug-likeness (QED) is 0.126. The molecule has 1 aliphatic rings. The Bertz CT molecular complexity index is 1610. The summed E-state index contributed by atoms with van der Waals surface area (Å²) in [7, 11) is -8.41. The van der Waals surface area contributed by atoms with Crippen molar-refractivity contribution in [2.24, 2.45) is 0 Å². The largest absolute Gasteiger partial charge is 0.748 e. The monoisotopic (exact) mass is 694 g/mol. The van der Waals surface area contributed by atoms with E-state index in [9.17, 15) is 25.9 Å². The van der Waals surface area contributed by atoms with Crippen LogP contribution in [0.15, 0.2) is 78.4 Å². The Hall–Kier alpha value is -2.25. The van der Waals surface area contributed by atoms with E-state index in [0.717, 1.165) is 78.1 Å². The molecule has 0 saturated heterocycles. The van der Waals surface area contributed by atoms with Gasteiger partial charge in [0.25, 0.3) is 10.1 Å². The minimum atomic E-state index is -4.33. The first-order chi connectivity index (χ1) is 21.9. The number of anilines is 2. The van der Waals surface area contributed by atoms with Crippen LogP contribution in [0.25, 0.3) is 5.57 Å². The van der Waals surface area contributed by atoms with E-state index in [2.05, 4.69) is 56.9 Å². The number of nitrogens with zero attached hydrogens (tertiary/aromatic N) is 3. The van der Waals surface area contributed by atoms with Crippen LogP contribution in [0, 0.1) is 0 Å². The fourth-order valence-corrected chi connectivity index (χ4v) is 6.39. The van der Waals surface area contributed by atoms with Crippen molar-refractivity contribution < 1.29 is 30.5 Å². The van der Waals surface area contributed by atoms with Gasteiger partial charge in [-0.05, 0) is 79.0 Å². The Kier molecular flexibility index (Phi) is 17.1. The number of rotatable bonds is 18. The molecule has 0 saturated carbocycles. The molecular weight excluding hydrogens is 646 g/mol. The Morgan fingerprint density at radius 2 is 1.21 bits per heavy atom. The first-order valence-corrected chi connectivity index (χ1v) is 19.4. The van der Waals surface area contributed by atoms with Gasteiger partial charge < -0.3 is 14.4 Å². The van der Waals surface area contributed by atoms with Gasteiger partial charge in [-0.1, -0.05) is 51.0 Å². The molecule has 2 aromatic rings. The molecule has 0 amide bonds. The summed E-state index contributed by atoms with van der Waals surface area (Å²) < 4.78 is 68.4. The van der Waals surface area contributed by atoms with Gasteiger partial charge in [-0.25, -0.2) is 13.0 Å². The predicted molar refractivity (Wildman–Crippen MR) is 195 cm³/mol. The molecule has 1 N–H and O–H groups in total.